The normalized spacial score (nSPS) is 10.6. The Balaban J connectivity index is 3.10. The lowest BCUT2D eigenvalue weighted by Gasteiger charge is -2.08. The number of unbranched alkanes of at least 4 members (excludes halogenated alkanes) is 1. The van der Waals surface area contributed by atoms with E-state index in [1.807, 2.05) is 0 Å². The topological polar surface area (TPSA) is 95.1 Å². The third kappa shape index (κ3) is 18.8. The zero-order valence-electron chi connectivity index (χ0n) is 14.9. The van der Waals surface area contributed by atoms with Crippen LogP contribution in [0.15, 0.2) is 0 Å². The summed E-state index contributed by atoms with van der Waals surface area (Å²) in [5.41, 5.74) is 0. The Kier molecular flexibility index (Phi) is 17.2. The van der Waals surface area contributed by atoms with Crippen molar-refractivity contribution in [1.29, 1.82) is 0 Å². The van der Waals surface area contributed by atoms with Crippen molar-refractivity contribution in [2.24, 2.45) is 0 Å². The van der Waals surface area contributed by atoms with E-state index < -0.39 is 0 Å². The SMILES string of the molecule is CCCCNC(=O)COCCOCCOCCOCCNC(C)=O. The van der Waals surface area contributed by atoms with Gasteiger partial charge in [-0.15, -0.1) is 0 Å². The van der Waals surface area contributed by atoms with E-state index in [0.29, 0.717) is 59.3 Å². The van der Waals surface area contributed by atoms with E-state index in [0.717, 1.165) is 12.8 Å². The third-order valence-electron chi connectivity index (χ3n) is 2.82. The Bertz CT molecular complexity index is 315. The Morgan fingerprint density at radius 1 is 0.750 bits per heavy atom. The number of carbonyl (C=O) groups is 2. The summed E-state index contributed by atoms with van der Waals surface area (Å²) in [5.74, 6) is -0.154. The molecule has 0 aliphatic carbocycles. The standard InChI is InChI=1S/C16H32N2O6/c1-3-4-5-18-16(20)14-24-13-12-23-11-10-22-9-8-21-7-6-17-15(2)19/h3-14H2,1-2H3,(H,17,19)(H,18,20). The molecule has 0 atom stereocenters. The summed E-state index contributed by atoms with van der Waals surface area (Å²) in [7, 11) is 0. The Morgan fingerprint density at radius 2 is 1.29 bits per heavy atom. The summed E-state index contributed by atoms with van der Waals surface area (Å²) in [6.07, 6.45) is 2.04. The first-order valence-electron chi connectivity index (χ1n) is 8.49. The number of hydrogen-bond acceptors (Lipinski definition) is 6. The van der Waals surface area contributed by atoms with Crippen LogP contribution in [0.3, 0.4) is 0 Å². The number of nitrogens with one attached hydrogen (secondary N) is 2. The summed E-state index contributed by atoms with van der Waals surface area (Å²) >= 11 is 0. The second-order valence-electron chi connectivity index (χ2n) is 5.08. The zero-order chi connectivity index (χ0) is 17.9. The van der Waals surface area contributed by atoms with Crippen LogP contribution in [0.4, 0.5) is 0 Å². The lowest BCUT2D eigenvalue weighted by Crippen LogP contribution is -2.29. The third-order valence-corrected chi connectivity index (χ3v) is 2.82. The van der Waals surface area contributed by atoms with Crippen LogP contribution >= 0.6 is 0 Å². The first-order valence-corrected chi connectivity index (χ1v) is 8.49. The lowest BCUT2D eigenvalue weighted by molar-refractivity contribution is -0.126. The predicted octanol–water partition coefficient (Wildman–Crippen LogP) is 0.105. The molecule has 0 aromatic carbocycles. The van der Waals surface area contributed by atoms with Crippen LogP contribution in [-0.2, 0) is 28.5 Å². The van der Waals surface area contributed by atoms with Gasteiger partial charge in [0.1, 0.15) is 6.61 Å². The second kappa shape index (κ2) is 18.1. The molecular weight excluding hydrogens is 316 g/mol. The molecule has 24 heavy (non-hydrogen) atoms. The molecule has 0 aliphatic rings. The minimum atomic E-state index is -0.0923. The van der Waals surface area contributed by atoms with Gasteiger partial charge in [-0.05, 0) is 6.42 Å². The molecule has 0 unspecified atom stereocenters. The molecule has 142 valence electrons. The fourth-order valence-corrected chi connectivity index (χ4v) is 1.58. The van der Waals surface area contributed by atoms with Gasteiger partial charge in [0.05, 0.1) is 46.2 Å². The monoisotopic (exact) mass is 348 g/mol. The maximum atomic E-state index is 11.3. The average Bonchev–Trinajstić information content (AvgIpc) is 2.55. The quantitative estimate of drug-likeness (QED) is 0.362. The molecule has 2 N–H and O–H groups in total. The minimum absolute atomic E-state index is 0.0619. The van der Waals surface area contributed by atoms with Crippen LogP contribution in [0.2, 0.25) is 0 Å². The van der Waals surface area contributed by atoms with Crippen molar-refractivity contribution in [3.8, 4) is 0 Å². The molecular formula is C16H32N2O6. The highest BCUT2D eigenvalue weighted by Gasteiger charge is 1.99. The van der Waals surface area contributed by atoms with Gasteiger partial charge in [-0.3, -0.25) is 9.59 Å². The van der Waals surface area contributed by atoms with Gasteiger partial charge in [0.15, 0.2) is 0 Å². The number of ether oxygens (including phenoxy) is 4. The van der Waals surface area contributed by atoms with Gasteiger partial charge in [0.2, 0.25) is 11.8 Å². The van der Waals surface area contributed by atoms with Gasteiger partial charge < -0.3 is 29.6 Å². The van der Waals surface area contributed by atoms with Gasteiger partial charge in [-0.25, -0.2) is 0 Å². The molecule has 0 aliphatic heterocycles. The predicted molar refractivity (Wildman–Crippen MR) is 89.9 cm³/mol. The summed E-state index contributed by atoms with van der Waals surface area (Å²) < 4.78 is 21.1. The molecule has 0 aromatic rings. The second-order valence-corrected chi connectivity index (χ2v) is 5.08. The van der Waals surface area contributed by atoms with Crippen molar-refractivity contribution < 1.29 is 28.5 Å². The van der Waals surface area contributed by atoms with Crippen LogP contribution in [0.5, 0.6) is 0 Å². The summed E-state index contributed by atoms with van der Waals surface area (Å²) in [6, 6.07) is 0. The molecule has 0 aromatic heterocycles. The van der Waals surface area contributed by atoms with Gasteiger partial charge >= 0.3 is 0 Å². The van der Waals surface area contributed by atoms with Crippen molar-refractivity contribution in [2.45, 2.75) is 26.7 Å². The van der Waals surface area contributed by atoms with Gasteiger partial charge in [0.25, 0.3) is 0 Å². The molecule has 0 rings (SSSR count). The van der Waals surface area contributed by atoms with Crippen LogP contribution in [0, 0.1) is 0 Å². The summed E-state index contributed by atoms with van der Waals surface area (Å²) in [4.78, 5) is 21.9. The highest BCUT2D eigenvalue weighted by atomic mass is 16.6. The minimum Gasteiger partial charge on any atom is -0.377 e. The fourth-order valence-electron chi connectivity index (χ4n) is 1.58. The van der Waals surface area contributed by atoms with Gasteiger partial charge in [-0.2, -0.15) is 0 Å². The highest BCUT2D eigenvalue weighted by molar-refractivity contribution is 5.77. The lowest BCUT2D eigenvalue weighted by atomic mass is 10.3. The van der Waals surface area contributed by atoms with E-state index in [4.69, 9.17) is 18.9 Å². The maximum absolute atomic E-state index is 11.3. The zero-order valence-corrected chi connectivity index (χ0v) is 14.9. The largest absolute Gasteiger partial charge is 0.377 e. The molecule has 0 radical (unpaired) electrons. The first kappa shape index (κ1) is 22.8. The average molecular weight is 348 g/mol. The summed E-state index contributed by atoms with van der Waals surface area (Å²) in [5, 5.41) is 5.41. The number of carbonyl (C=O) groups excluding carboxylic acids is 2. The Morgan fingerprint density at radius 3 is 1.83 bits per heavy atom. The van der Waals surface area contributed by atoms with E-state index in [2.05, 4.69) is 17.6 Å². The summed E-state index contributed by atoms with van der Waals surface area (Å²) in [6.45, 7) is 8.02. The van der Waals surface area contributed by atoms with Crippen molar-refractivity contribution in [3.63, 3.8) is 0 Å². The van der Waals surface area contributed by atoms with Crippen molar-refractivity contribution in [2.75, 3.05) is 65.9 Å². The number of rotatable bonds is 17. The maximum Gasteiger partial charge on any atom is 0.245 e. The molecule has 0 fully saturated rings. The van der Waals surface area contributed by atoms with Crippen molar-refractivity contribution in [3.05, 3.63) is 0 Å². The molecule has 0 heterocycles. The molecule has 0 spiro atoms. The molecule has 8 nitrogen and oxygen atoms in total. The Hall–Kier alpha value is -1.22. The van der Waals surface area contributed by atoms with Crippen molar-refractivity contribution in [1.82, 2.24) is 10.6 Å². The Labute approximate surface area is 144 Å². The van der Waals surface area contributed by atoms with E-state index in [9.17, 15) is 9.59 Å². The molecule has 8 heteroatoms. The number of hydrogen-bond donors (Lipinski definition) is 2. The molecule has 2 amide bonds. The van der Waals surface area contributed by atoms with E-state index in [1.165, 1.54) is 6.92 Å². The highest BCUT2D eigenvalue weighted by Crippen LogP contribution is 1.85. The van der Waals surface area contributed by atoms with Crippen LogP contribution in [0.25, 0.3) is 0 Å². The van der Waals surface area contributed by atoms with Gasteiger partial charge in [0, 0.05) is 20.0 Å². The van der Waals surface area contributed by atoms with Crippen LogP contribution < -0.4 is 10.6 Å². The number of amides is 2. The van der Waals surface area contributed by atoms with Crippen LogP contribution in [-0.4, -0.2) is 77.8 Å². The van der Waals surface area contributed by atoms with E-state index in [1.54, 1.807) is 0 Å². The van der Waals surface area contributed by atoms with Crippen LogP contribution in [0.1, 0.15) is 26.7 Å². The van der Waals surface area contributed by atoms with E-state index >= 15 is 0 Å². The molecule has 0 bridgehead atoms. The van der Waals surface area contributed by atoms with E-state index in [-0.39, 0.29) is 18.4 Å². The van der Waals surface area contributed by atoms with Crippen molar-refractivity contribution >= 4 is 11.8 Å². The molecule has 0 saturated heterocycles. The first-order chi connectivity index (χ1) is 11.7. The molecule has 0 saturated carbocycles. The van der Waals surface area contributed by atoms with Gasteiger partial charge in [-0.1, -0.05) is 13.3 Å². The fraction of sp³-hybridized carbons (Fsp3) is 0.875. The smallest absolute Gasteiger partial charge is 0.245 e.